The first-order chi connectivity index (χ1) is 15.5. The van der Waals surface area contributed by atoms with Gasteiger partial charge >= 0.3 is 0 Å². The number of H-pyrrole nitrogens is 1. The highest BCUT2D eigenvalue weighted by Gasteiger charge is 2.27. The molecule has 1 N–H and O–H groups in total. The number of hydrogen-bond acceptors (Lipinski definition) is 4. The molecule has 162 valence electrons. The second-order valence-corrected chi connectivity index (χ2v) is 7.90. The number of fused-ring (bicyclic) bond motifs is 1. The fourth-order valence-electron chi connectivity index (χ4n) is 3.58. The van der Waals surface area contributed by atoms with Gasteiger partial charge < -0.3 is 9.64 Å². The van der Waals surface area contributed by atoms with Crippen LogP contribution in [0.1, 0.15) is 28.9 Å². The van der Waals surface area contributed by atoms with E-state index in [-0.39, 0.29) is 35.9 Å². The van der Waals surface area contributed by atoms with Crippen LogP contribution in [0.2, 0.25) is 0 Å². The predicted octanol–water partition coefficient (Wildman–Crippen LogP) is 4.72. The van der Waals surface area contributed by atoms with Crippen molar-refractivity contribution < 1.29 is 18.3 Å². The molecule has 1 aliphatic carbocycles. The number of aromatic amines is 1. The van der Waals surface area contributed by atoms with Crippen LogP contribution in [0.3, 0.4) is 0 Å². The number of benzene rings is 2. The normalized spacial score (nSPS) is 13.3. The van der Waals surface area contributed by atoms with E-state index < -0.39 is 0 Å². The Morgan fingerprint density at radius 1 is 1.19 bits per heavy atom. The number of carbonyl (C=O) groups excluding carboxylic acids is 1. The van der Waals surface area contributed by atoms with Crippen LogP contribution in [-0.4, -0.2) is 39.1 Å². The first-order valence-electron chi connectivity index (χ1n) is 10.3. The third-order valence-electron chi connectivity index (χ3n) is 5.42. The van der Waals surface area contributed by atoms with Crippen molar-refractivity contribution in [3.05, 3.63) is 77.6 Å². The lowest BCUT2D eigenvalue weighted by atomic mass is 10.1. The van der Waals surface area contributed by atoms with Gasteiger partial charge in [-0.1, -0.05) is 18.2 Å². The molecule has 5 rings (SSSR count). The lowest BCUT2D eigenvalue weighted by molar-refractivity contribution is 0.0778. The Balaban J connectivity index is 1.43. The minimum atomic E-state index is -0.372. The Labute approximate surface area is 182 Å². The molecule has 0 bridgehead atoms. The molecule has 1 fully saturated rings. The minimum absolute atomic E-state index is 0.0609. The number of rotatable bonds is 6. The summed E-state index contributed by atoms with van der Waals surface area (Å²) >= 11 is 0. The number of carbonyl (C=O) groups is 1. The average Bonchev–Trinajstić information content (AvgIpc) is 3.45. The molecule has 0 aliphatic heterocycles. The van der Waals surface area contributed by atoms with Gasteiger partial charge in [0.2, 0.25) is 5.88 Å². The van der Waals surface area contributed by atoms with Gasteiger partial charge in [0.05, 0.1) is 17.1 Å². The summed E-state index contributed by atoms with van der Waals surface area (Å²) in [5.41, 5.74) is 2.77. The molecule has 1 amide bonds. The van der Waals surface area contributed by atoms with Gasteiger partial charge in [-0.05, 0) is 54.3 Å². The van der Waals surface area contributed by atoms with Crippen molar-refractivity contribution in [1.29, 1.82) is 0 Å². The van der Waals surface area contributed by atoms with E-state index in [4.69, 9.17) is 4.74 Å². The van der Waals surface area contributed by atoms with Crippen molar-refractivity contribution in [1.82, 2.24) is 20.1 Å². The standard InChI is InChI=1S/C24H20F2N4O2/c1-30(13-15-5-9-20(26)19-12-27-29-22(15)19)24(31)21-10-8-18(14-3-2-4-16(25)11-14)23(28-21)32-17-6-7-17/h2-5,8-12,17H,6-7,13H2,1H3,(H,27,29). The summed E-state index contributed by atoms with van der Waals surface area (Å²) in [4.78, 5) is 19.1. The van der Waals surface area contributed by atoms with Gasteiger partial charge in [-0.15, -0.1) is 0 Å². The Morgan fingerprint density at radius 2 is 2.03 bits per heavy atom. The molecule has 2 aromatic heterocycles. The van der Waals surface area contributed by atoms with Crippen LogP contribution < -0.4 is 4.74 Å². The molecule has 2 aromatic carbocycles. The average molecular weight is 434 g/mol. The zero-order chi connectivity index (χ0) is 22.2. The van der Waals surface area contributed by atoms with E-state index in [9.17, 15) is 13.6 Å². The number of hydrogen-bond donors (Lipinski definition) is 1. The number of halogens is 2. The van der Waals surface area contributed by atoms with Crippen molar-refractivity contribution in [3.63, 3.8) is 0 Å². The molecule has 2 heterocycles. The van der Waals surface area contributed by atoms with Crippen LogP contribution in [0, 0.1) is 11.6 Å². The molecule has 32 heavy (non-hydrogen) atoms. The molecule has 1 saturated carbocycles. The molecule has 0 atom stereocenters. The van der Waals surface area contributed by atoms with Crippen molar-refractivity contribution in [2.45, 2.75) is 25.5 Å². The summed E-state index contributed by atoms with van der Waals surface area (Å²) < 4.78 is 33.6. The lowest BCUT2D eigenvalue weighted by Crippen LogP contribution is -2.27. The van der Waals surface area contributed by atoms with E-state index in [1.165, 1.54) is 29.3 Å². The summed E-state index contributed by atoms with van der Waals surface area (Å²) in [5.74, 6) is -0.726. The zero-order valence-corrected chi connectivity index (χ0v) is 17.3. The van der Waals surface area contributed by atoms with Gasteiger partial charge in [0.15, 0.2) is 0 Å². The van der Waals surface area contributed by atoms with Gasteiger partial charge in [-0.3, -0.25) is 9.89 Å². The van der Waals surface area contributed by atoms with Crippen LogP contribution in [0.15, 0.2) is 54.7 Å². The smallest absolute Gasteiger partial charge is 0.272 e. The van der Waals surface area contributed by atoms with Crippen molar-refractivity contribution >= 4 is 16.8 Å². The van der Waals surface area contributed by atoms with Crippen LogP contribution in [0.5, 0.6) is 5.88 Å². The molecule has 0 spiro atoms. The Kier molecular flexibility index (Phi) is 5.05. The molecule has 0 radical (unpaired) electrons. The maximum absolute atomic E-state index is 13.9. The van der Waals surface area contributed by atoms with Crippen LogP contribution in [-0.2, 0) is 6.54 Å². The summed E-state index contributed by atoms with van der Waals surface area (Å²) in [7, 11) is 1.65. The van der Waals surface area contributed by atoms with Crippen LogP contribution >= 0.6 is 0 Å². The molecule has 0 unspecified atom stereocenters. The predicted molar refractivity (Wildman–Crippen MR) is 115 cm³/mol. The maximum Gasteiger partial charge on any atom is 0.272 e. The van der Waals surface area contributed by atoms with Crippen molar-refractivity contribution in [2.24, 2.45) is 0 Å². The second-order valence-electron chi connectivity index (χ2n) is 7.90. The van der Waals surface area contributed by atoms with E-state index in [0.717, 1.165) is 18.4 Å². The molecule has 8 heteroatoms. The molecular weight excluding hydrogens is 414 g/mol. The van der Waals surface area contributed by atoms with Crippen LogP contribution in [0.25, 0.3) is 22.0 Å². The molecule has 6 nitrogen and oxygen atoms in total. The highest BCUT2D eigenvalue weighted by atomic mass is 19.1. The number of nitrogens with one attached hydrogen (secondary N) is 1. The largest absolute Gasteiger partial charge is 0.474 e. The topological polar surface area (TPSA) is 71.1 Å². The van der Waals surface area contributed by atoms with E-state index in [0.29, 0.717) is 27.9 Å². The van der Waals surface area contributed by atoms with Crippen molar-refractivity contribution in [3.8, 4) is 17.0 Å². The Morgan fingerprint density at radius 3 is 2.81 bits per heavy atom. The van der Waals surface area contributed by atoms with E-state index in [1.807, 2.05) is 0 Å². The van der Waals surface area contributed by atoms with E-state index >= 15 is 0 Å². The third kappa shape index (κ3) is 3.91. The van der Waals surface area contributed by atoms with E-state index in [2.05, 4.69) is 15.2 Å². The monoisotopic (exact) mass is 434 g/mol. The summed E-state index contributed by atoms with van der Waals surface area (Å²) in [6.45, 7) is 0.240. The molecule has 4 aromatic rings. The Hall–Kier alpha value is -3.81. The number of pyridine rings is 1. The number of nitrogens with zero attached hydrogens (tertiary/aromatic N) is 3. The molecular formula is C24H20F2N4O2. The minimum Gasteiger partial charge on any atom is -0.474 e. The summed E-state index contributed by atoms with van der Waals surface area (Å²) in [6.07, 6.45) is 3.33. The van der Waals surface area contributed by atoms with Crippen molar-refractivity contribution in [2.75, 3.05) is 7.05 Å². The lowest BCUT2D eigenvalue weighted by Gasteiger charge is -2.18. The fourth-order valence-corrected chi connectivity index (χ4v) is 3.58. The quantitative estimate of drug-likeness (QED) is 0.477. The first-order valence-corrected chi connectivity index (χ1v) is 10.3. The summed E-state index contributed by atoms with van der Waals surface area (Å²) in [5, 5.41) is 7.06. The van der Waals surface area contributed by atoms with E-state index in [1.54, 1.807) is 37.4 Å². The third-order valence-corrected chi connectivity index (χ3v) is 5.42. The SMILES string of the molecule is CN(Cc1ccc(F)c2cn[nH]c12)C(=O)c1ccc(-c2cccc(F)c2)c(OC2CC2)n1. The van der Waals surface area contributed by atoms with Gasteiger partial charge in [0.1, 0.15) is 23.4 Å². The van der Waals surface area contributed by atoms with Gasteiger partial charge in [0.25, 0.3) is 5.91 Å². The van der Waals surface area contributed by atoms with Gasteiger partial charge in [-0.25, -0.2) is 13.8 Å². The second kappa shape index (κ2) is 8.03. The molecule has 0 saturated heterocycles. The maximum atomic E-state index is 13.9. The molecule has 1 aliphatic rings. The van der Waals surface area contributed by atoms with Gasteiger partial charge in [0, 0.05) is 19.2 Å². The van der Waals surface area contributed by atoms with Gasteiger partial charge in [-0.2, -0.15) is 5.10 Å². The highest BCUT2D eigenvalue weighted by molar-refractivity contribution is 5.93. The highest BCUT2D eigenvalue weighted by Crippen LogP contribution is 2.34. The Bertz CT molecular complexity index is 1320. The first kappa shape index (κ1) is 20.1. The zero-order valence-electron chi connectivity index (χ0n) is 17.3. The number of ether oxygens (including phenoxy) is 1. The fraction of sp³-hybridized carbons (Fsp3) is 0.208. The number of aromatic nitrogens is 3. The summed E-state index contributed by atoms with van der Waals surface area (Å²) in [6, 6.07) is 12.5. The van der Waals surface area contributed by atoms with Crippen LogP contribution in [0.4, 0.5) is 8.78 Å². The number of amides is 1.